The lowest BCUT2D eigenvalue weighted by Gasteiger charge is -1.97. The zero-order valence-corrected chi connectivity index (χ0v) is 6.05. The molecule has 0 aliphatic carbocycles. The third kappa shape index (κ3) is 1.25. The van der Waals surface area contributed by atoms with Gasteiger partial charge in [0.1, 0.15) is 5.60 Å². The van der Waals surface area contributed by atoms with E-state index in [1.165, 1.54) is 0 Å². The highest BCUT2D eigenvalue weighted by Gasteiger charge is 2.50. The quantitative estimate of drug-likeness (QED) is 0.576. The van der Waals surface area contributed by atoms with E-state index in [2.05, 4.69) is 6.92 Å². The van der Waals surface area contributed by atoms with Crippen LogP contribution in [0.5, 0.6) is 0 Å². The Labute approximate surface area is 55.8 Å². The number of aliphatic hydroxyl groups is 1. The highest BCUT2D eigenvalue weighted by atomic mass is 16.6. The standard InChI is InChI=1S/C7H14O2/c1-3-4-6-7(2,5-8)9-6/h6,8H,3-5H2,1-2H3/t6-,7+/m0/s1. The lowest BCUT2D eigenvalue weighted by molar-refractivity contribution is 0.184. The van der Waals surface area contributed by atoms with Gasteiger partial charge in [-0.05, 0) is 13.3 Å². The molecule has 1 N–H and O–H groups in total. The van der Waals surface area contributed by atoms with Crippen molar-refractivity contribution < 1.29 is 9.84 Å². The van der Waals surface area contributed by atoms with Crippen molar-refractivity contribution in [1.29, 1.82) is 0 Å². The first-order valence-corrected chi connectivity index (χ1v) is 3.51. The van der Waals surface area contributed by atoms with Crippen LogP contribution in [0.1, 0.15) is 26.7 Å². The number of epoxide rings is 1. The maximum Gasteiger partial charge on any atom is 0.115 e. The van der Waals surface area contributed by atoms with Crippen LogP contribution in [0.25, 0.3) is 0 Å². The van der Waals surface area contributed by atoms with Crippen molar-refractivity contribution >= 4 is 0 Å². The third-order valence-corrected chi connectivity index (χ3v) is 1.90. The molecule has 2 nitrogen and oxygen atoms in total. The van der Waals surface area contributed by atoms with Gasteiger partial charge in [-0.25, -0.2) is 0 Å². The molecular formula is C7H14O2. The van der Waals surface area contributed by atoms with E-state index in [1.54, 1.807) is 0 Å². The van der Waals surface area contributed by atoms with Crippen molar-refractivity contribution in [2.45, 2.75) is 38.4 Å². The van der Waals surface area contributed by atoms with Crippen LogP contribution in [0.2, 0.25) is 0 Å². The van der Waals surface area contributed by atoms with Crippen LogP contribution >= 0.6 is 0 Å². The Kier molecular flexibility index (Phi) is 1.78. The van der Waals surface area contributed by atoms with Gasteiger partial charge in [-0.15, -0.1) is 0 Å². The largest absolute Gasteiger partial charge is 0.393 e. The van der Waals surface area contributed by atoms with Gasteiger partial charge in [0.05, 0.1) is 12.7 Å². The molecule has 9 heavy (non-hydrogen) atoms. The van der Waals surface area contributed by atoms with Crippen LogP contribution in [-0.2, 0) is 4.74 Å². The molecule has 0 amide bonds. The summed E-state index contributed by atoms with van der Waals surface area (Å²) in [5.74, 6) is 0. The second kappa shape index (κ2) is 2.27. The molecule has 1 aliphatic rings. The fourth-order valence-electron chi connectivity index (χ4n) is 1.06. The van der Waals surface area contributed by atoms with Gasteiger partial charge in [-0.3, -0.25) is 0 Å². The van der Waals surface area contributed by atoms with E-state index in [4.69, 9.17) is 9.84 Å². The molecule has 1 heterocycles. The Morgan fingerprint density at radius 1 is 1.67 bits per heavy atom. The highest BCUT2D eigenvalue weighted by molar-refractivity contribution is 4.97. The van der Waals surface area contributed by atoms with Gasteiger partial charge < -0.3 is 9.84 Å². The van der Waals surface area contributed by atoms with Crippen LogP contribution in [-0.4, -0.2) is 23.4 Å². The summed E-state index contributed by atoms with van der Waals surface area (Å²) in [4.78, 5) is 0. The van der Waals surface area contributed by atoms with Gasteiger partial charge in [0, 0.05) is 0 Å². The van der Waals surface area contributed by atoms with Crippen molar-refractivity contribution in [3.8, 4) is 0 Å². The van der Waals surface area contributed by atoms with E-state index in [1.807, 2.05) is 6.92 Å². The maximum atomic E-state index is 8.74. The summed E-state index contributed by atoms with van der Waals surface area (Å²) in [6, 6.07) is 0. The molecule has 2 heteroatoms. The second-order valence-corrected chi connectivity index (χ2v) is 2.87. The van der Waals surface area contributed by atoms with Crippen LogP contribution in [0.15, 0.2) is 0 Å². The molecule has 2 atom stereocenters. The molecule has 1 rings (SSSR count). The maximum absolute atomic E-state index is 8.74. The fraction of sp³-hybridized carbons (Fsp3) is 1.00. The van der Waals surface area contributed by atoms with Gasteiger partial charge in [-0.1, -0.05) is 13.3 Å². The molecule has 0 aromatic carbocycles. The van der Waals surface area contributed by atoms with Gasteiger partial charge in [0.2, 0.25) is 0 Å². The summed E-state index contributed by atoms with van der Waals surface area (Å²) in [6.45, 7) is 4.24. The lowest BCUT2D eigenvalue weighted by Crippen LogP contribution is -2.14. The van der Waals surface area contributed by atoms with Gasteiger partial charge in [-0.2, -0.15) is 0 Å². The summed E-state index contributed by atoms with van der Waals surface area (Å²) < 4.78 is 5.24. The molecule has 1 saturated heterocycles. The van der Waals surface area contributed by atoms with Crippen LogP contribution in [0.3, 0.4) is 0 Å². The zero-order valence-electron chi connectivity index (χ0n) is 6.05. The van der Waals surface area contributed by atoms with Crippen molar-refractivity contribution in [1.82, 2.24) is 0 Å². The fourth-order valence-corrected chi connectivity index (χ4v) is 1.06. The minimum atomic E-state index is -0.185. The predicted molar refractivity (Wildman–Crippen MR) is 35.3 cm³/mol. The Hall–Kier alpha value is -0.0800. The summed E-state index contributed by atoms with van der Waals surface area (Å²) in [7, 11) is 0. The molecule has 0 radical (unpaired) electrons. The summed E-state index contributed by atoms with van der Waals surface area (Å²) in [5, 5.41) is 8.74. The molecule has 0 bridgehead atoms. The summed E-state index contributed by atoms with van der Waals surface area (Å²) >= 11 is 0. The van der Waals surface area contributed by atoms with E-state index in [-0.39, 0.29) is 12.2 Å². The number of rotatable bonds is 3. The smallest absolute Gasteiger partial charge is 0.115 e. The SMILES string of the molecule is CCC[C@@H]1O[C@]1(C)CO. The Morgan fingerprint density at radius 2 is 2.33 bits per heavy atom. The van der Waals surface area contributed by atoms with E-state index in [9.17, 15) is 0 Å². The molecule has 1 aliphatic heterocycles. The first-order chi connectivity index (χ1) is 4.23. The molecule has 1 fully saturated rings. The van der Waals surface area contributed by atoms with Crippen LogP contribution in [0.4, 0.5) is 0 Å². The van der Waals surface area contributed by atoms with E-state index in [0.29, 0.717) is 6.10 Å². The molecule has 0 saturated carbocycles. The minimum absolute atomic E-state index is 0.164. The Balaban J connectivity index is 2.22. The molecule has 54 valence electrons. The predicted octanol–water partition coefficient (Wildman–Crippen LogP) is 0.936. The minimum Gasteiger partial charge on any atom is -0.393 e. The third-order valence-electron chi connectivity index (χ3n) is 1.90. The first kappa shape index (κ1) is 7.03. The van der Waals surface area contributed by atoms with Crippen molar-refractivity contribution in [2.24, 2.45) is 0 Å². The molecule has 0 aromatic rings. The van der Waals surface area contributed by atoms with E-state index in [0.717, 1.165) is 12.8 Å². The zero-order chi connectivity index (χ0) is 6.91. The van der Waals surface area contributed by atoms with Crippen LogP contribution in [0, 0.1) is 0 Å². The average molecular weight is 130 g/mol. The molecular weight excluding hydrogens is 116 g/mol. The average Bonchev–Trinajstić information content (AvgIpc) is 2.46. The van der Waals surface area contributed by atoms with E-state index >= 15 is 0 Å². The first-order valence-electron chi connectivity index (χ1n) is 3.51. The molecule has 0 aromatic heterocycles. The topological polar surface area (TPSA) is 32.8 Å². The number of ether oxygens (including phenoxy) is 1. The Bertz CT molecular complexity index is 101. The molecule has 0 spiro atoms. The number of aliphatic hydroxyl groups excluding tert-OH is 1. The highest BCUT2D eigenvalue weighted by Crippen LogP contribution is 2.38. The lowest BCUT2D eigenvalue weighted by atomic mass is 10.1. The van der Waals surface area contributed by atoms with Crippen molar-refractivity contribution in [3.05, 3.63) is 0 Å². The normalized spacial score (nSPS) is 41.0. The Morgan fingerprint density at radius 3 is 2.67 bits per heavy atom. The number of hydrogen-bond acceptors (Lipinski definition) is 2. The number of hydrogen-bond donors (Lipinski definition) is 1. The summed E-state index contributed by atoms with van der Waals surface area (Å²) in [6.07, 6.45) is 2.55. The van der Waals surface area contributed by atoms with Gasteiger partial charge >= 0.3 is 0 Å². The van der Waals surface area contributed by atoms with Crippen molar-refractivity contribution in [3.63, 3.8) is 0 Å². The van der Waals surface area contributed by atoms with Gasteiger partial charge in [0.15, 0.2) is 0 Å². The van der Waals surface area contributed by atoms with Crippen molar-refractivity contribution in [2.75, 3.05) is 6.61 Å². The monoisotopic (exact) mass is 130 g/mol. The van der Waals surface area contributed by atoms with Crippen LogP contribution < -0.4 is 0 Å². The second-order valence-electron chi connectivity index (χ2n) is 2.87. The van der Waals surface area contributed by atoms with E-state index < -0.39 is 0 Å². The van der Waals surface area contributed by atoms with Gasteiger partial charge in [0.25, 0.3) is 0 Å². The summed E-state index contributed by atoms with van der Waals surface area (Å²) in [5.41, 5.74) is -0.185. The molecule has 0 unspecified atom stereocenters.